The Morgan fingerprint density at radius 1 is 0.762 bits per heavy atom. The Morgan fingerprint density at radius 3 is 2.26 bits per heavy atom. The van der Waals surface area contributed by atoms with Crippen LogP contribution in [0, 0.1) is 0 Å². The Balaban J connectivity index is 1.30. The van der Waals surface area contributed by atoms with Crippen LogP contribution < -0.4 is 4.90 Å². The summed E-state index contributed by atoms with van der Waals surface area (Å²) in [5, 5.41) is 2.14. The van der Waals surface area contributed by atoms with Gasteiger partial charge in [-0.15, -0.1) is 0 Å². The molecule has 0 saturated carbocycles. The normalized spacial score (nSPS) is 14.2. The van der Waals surface area contributed by atoms with Crippen LogP contribution in [0.4, 0.5) is 11.5 Å². The molecule has 7 rings (SSSR count). The summed E-state index contributed by atoms with van der Waals surface area (Å²) >= 11 is 0. The zero-order chi connectivity index (χ0) is 28.8. The van der Waals surface area contributed by atoms with Crippen molar-refractivity contribution < 1.29 is 0 Å². The van der Waals surface area contributed by atoms with E-state index in [4.69, 9.17) is 9.97 Å². The molecule has 42 heavy (non-hydrogen) atoms. The topological polar surface area (TPSA) is 67.2 Å². The molecule has 0 aliphatic carbocycles. The number of nitrogens with zero attached hydrogens (tertiary/aromatic N) is 6. The predicted molar refractivity (Wildman–Crippen MR) is 172 cm³/mol. The van der Waals surface area contributed by atoms with E-state index in [1.807, 2.05) is 48.8 Å². The molecular formula is C36H28N6. The third-order valence-electron chi connectivity index (χ3n) is 8.06. The van der Waals surface area contributed by atoms with Gasteiger partial charge in [0.2, 0.25) is 0 Å². The summed E-state index contributed by atoms with van der Waals surface area (Å²) in [6, 6.07) is 28.7. The standard InChI is InChI=1S/C36H28N6/c1-5-27-35(37-4)42(32-10-6-7-19-38-32)31-18-15-25(21-28(31)36(27,2)3)29-16-14-26(22-40-29)30-17-13-24-12-11-23-9-8-20-39-33(23)34(24)41-30/h5-22H,1,4H2,2-3H3. The van der Waals surface area contributed by atoms with Crippen LogP contribution in [0.3, 0.4) is 0 Å². The highest BCUT2D eigenvalue weighted by molar-refractivity contribution is 6.03. The first-order valence-electron chi connectivity index (χ1n) is 13.8. The van der Waals surface area contributed by atoms with Gasteiger partial charge in [-0.3, -0.25) is 14.9 Å². The highest BCUT2D eigenvalue weighted by Gasteiger charge is 2.38. The molecular weight excluding hydrogens is 516 g/mol. The van der Waals surface area contributed by atoms with E-state index in [-0.39, 0.29) is 5.41 Å². The maximum atomic E-state index is 4.98. The van der Waals surface area contributed by atoms with E-state index in [0.29, 0.717) is 0 Å². The molecule has 0 unspecified atom stereocenters. The molecule has 1 aliphatic heterocycles. The minimum Gasteiger partial charge on any atom is -0.278 e. The summed E-state index contributed by atoms with van der Waals surface area (Å²) in [7, 11) is 0. The smallest absolute Gasteiger partial charge is 0.142 e. The maximum absolute atomic E-state index is 4.98. The molecule has 0 atom stereocenters. The fraction of sp³-hybridized carbons (Fsp3) is 0.0833. The Hall–Kier alpha value is -5.49. The van der Waals surface area contributed by atoms with Crippen LogP contribution in [0.25, 0.3) is 44.3 Å². The Labute approximate surface area is 244 Å². The van der Waals surface area contributed by atoms with Crippen LogP contribution in [0.2, 0.25) is 0 Å². The molecule has 0 spiro atoms. The number of aliphatic imine (C=N–C) groups is 1. The van der Waals surface area contributed by atoms with Gasteiger partial charge < -0.3 is 0 Å². The molecule has 6 nitrogen and oxygen atoms in total. The van der Waals surface area contributed by atoms with Gasteiger partial charge in [0.05, 0.1) is 28.1 Å². The number of pyridine rings is 4. The van der Waals surface area contributed by atoms with Crippen molar-refractivity contribution in [1.82, 2.24) is 19.9 Å². The SMILES string of the molecule is C=CC1=C(N=C)N(c2ccccn2)c2ccc(-c3ccc(-c4ccc5ccc6cccnc6c5n4)cn3)cc2C1(C)C. The lowest BCUT2D eigenvalue weighted by Gasteiger charge is -2.41. The number of anilines is 2. The Morgan fingerprint density at radius 2 is 1.52 bits per heavy atom. The van der Waals surface area contributed by atoms with Crippen LogP contribution in [0.5, 0.6) is 0 Å². The Bertz CT molecular complexity index is 2040. The minimum absolute atomic E-state index is 0.360. The first-order chi connectivity index (χ1) is 20.5. The van der Waals surface area contributed by atoms with Gasteiger partial charge >= 0.3 is 0 Å². The fourth-order valence-corrected chi connectivity index (χ4v) is 5.87. The number of rotatable bonds is 5. The van der Waals surface area contributed by atoms with Crippen LogP contribution in [-0.2, 0) is 5.41 Å². The van der Waals surface area contributed by atoms with Gasteiger partial charge in [0.15, 0.2) is 0 Å². The summed E-state index contributed by atoms with van der Waals surface area (Å²) in [6.45, 7) is 12.4. The summed E-state index contributed by atoms with van der Waals surface area (Å²) < 4.78 is 0. The highest BCUT2D eigenvalue weighted by atomic mass is 15.3. The number of hydrogen-bond acceptors (Lipinski definition) is 6. The number of benzene rings is 2. The second-order valence-corrected chi connectivity index (χ2v) is 10.8. The third kappa shape index (κ3) is 3.99. The molecule has 1 aliphatic rings. The van der Waals surface area contributed by atoms with Crippen molar-refractivity contribution in [1.29, 1.82) is 0 Å². The van der Waals surface area contributed by atoms with E-state index in [1.165, 1.54) is 0 Å². The van der Waals surface area contributed by atoms with Crippen molar-refractivity contribution in [2.24, 2.45) is 4.99 Å². The van der Waals surface area contributed by atoms with Gasteiger partial charge in [-0.25, -0.2) is 15.0 Å². The fourth-order valence-electron chi connectivity index (χ4n) is 5.87. The molecule has 5 heterocycles. The van der Waals surface area contributed by atoms with Crippen LogP contribution in [0.15, 0.2) is 133 Å². The lowest BCUT2D eigenvalue weighted by molar-refractivity contribution is 0.616. The summed E-state index contributed by atoms with van der Waals surface area (Å²) in [5.74, 6) is 1.51. The molecule has 4 aromatic heterocycles. The zero-order valence-corrected chi connectivity index (χ0v) is 23.5. The molecule has 0 radical (unpaired) electrons. The van der Waals surface area contributed by atoms with Crippen molar-refractivity contribution >= 4 is 40.0 Å². The summed E-state index contributed by atoms with van der Waals surface area (Å²) in [4.78, 5) is 25.5. The average Bonchev–Trinajstić information content (AvgIpc) is 3.04. The monoisotopic (exact) mass is 544 g/mol. The van der Waals surface area contributed by atoms with Gasteiger partial charge in [0.25, 0.3) is 0 Å². The predicted octanol–water partition coefficient (Wildman–Crippen LogP) is 8.43. The highest BCUT2D eigenvalue weighted by Crippen LogP contribution is 2.49. The molecule has 0 fully saturated rings. The first kappa shape index (κ1) is 25.5. The quantitative estimate of drug-likeness (QED) is 0.161. The van der Waals surface area contributed by atoms with E-state index < -0.39 is 0 Å². The first-order valence-corrected chi connectivity index (χ1v) is 13.8. The third-order valence-corrected chi connectivity index (χ3v) is 8.06. The molecule has 0 N–H and O–H groups in total. The lowest BCUT2D eigenvalue weighted by Crippen LogP contribution is -2.33. The van der Waals surface area contributed by atoms with Gasteiger partial charge in [0.1, 0.15) is 11.6 Å². The van der Waals surface area contributed by atoms with Crippen LogP contribution in [-0.4, -0.2) is 26.7 Å². The molecule has 0 saturated heterocycles. The zero-order valence-electron chi connectivity index (χ0n) is 23.5. The molecule has 6 aromatic rings. The van der Waals surface area contributed by atoms with Gasteiger partial charge in [0, 0.05) is 51.5 Å². The van der Waals surface area contributed by atoms with Crippen molar-refractivity contribution in [2.45, 2.75) is 19.3 Å². The Kier molecular flexibility index (Phi) is 5.98. The second-order valence-electron chi connectivity index (χ2n) is 10.8. The summed E-state index contributed by atoms with van der Waals surface area (Å²) in [6.07, 6.45) is 7.36. The molecule has 2 aromatic carbocycles. The maximum Gasteiger partial charge on any atom is 0.142 e. The van der Waals surface area contributed by atoms with Crippen molar-refractivity contribution in [3.8, 4) is 22.5 Å². The number of fused-ring (bicyclic) bond motifs is 4. The van der Waals surface area contributed by atoms with E-state index in [0.717, 1.165) is 72.8 Å². The largest absolute Gasteiger partial charge is 0.278 e. The number of aromatic nitrogens is 4. The van der Waals surface area contributed by atoms with Crippen molar-refractivity contribution in [3.63, 3.8) is 0 Å². The second kappa shape index (κ2) is 9.85. The van der Waals surface area contributed by atoms with Gasteiger partial charge in [-0.2, -0.15) is 0 Å². The average molecular weight is 545 g/mol. The van der Waals surface area contributed by atoms with Crippen molar-refractivity contribution in [2.75, 3.05) is 4.90 Å². The van der Waals surface area contributed by atoms with Crippen molar-refractivity contribution in [3.05, 3.63) is 133 Å². The van der Waals surface area contributed by atoms with E-state index >= 15 is 0 Å². The van der Waals surface area contributed by atoms with E-state index in [1.54, 1.807) is 6.20 Å². The number of hydrogen-bond donors (Lipinski definition) is 0. The summed E-state index contributed by atoms with van der Waals surface area (Å²) in [5.41, 5.74) is 8.28. The van der Waals surface area contributed by atoms with Crippen LogP contribution >= 0.6 is 0 Å². The van der Waals surface area contributed by atoms with Gasteiger partial charge in [-0.1, -0.05) is 62.9 Å². The van der Waals surface area contributed by atoms with E-state index in [9.17, 15) is 0 Å². The number of allylic oxidation sites excluding steroid dienone is 2. The van der Waals surface area contributed by atoms with Gasteiger partial charge in [-0.05, 0) is 60.8 Å². The molecule has 202 valence electrons. The lowest BCUT2D eigenvalue weighted by atomic mass is 9.73. The molecule has 0 bridgehead atoms. The van der Waals surface area contributed by atoms with Crippen LogP contribution in [0.1, 0.15) is 19.4 Å². The van der Waals surface area contributed by atoms with E-state index in [2.05, 4.69) is 102 Å². The molecule has 6 heteroatoms. The minimum atomic E-state index is -0.360. The molecule has 0 amide bonds.